The van der Waals surface area contributed by atoms with Crippen molar-refractivity contribution in [1.29, 1.82) is 0 Å². The number of nitrogens with zero attached hydrogens (tertiary/aromatic N) is 1. The maximum atomic E-state index is 11.8. The number of carbonyl (C=O) groups is 2. The van der Waals surface area contributed by atoms with Crippen molar-refractivity contribution in [3.8, 4) is 0 Å². The number of fused-ring (bicyclic) bond motifs is 1. The van der Waals surface area contributed by atoms with Gasteiger partial charge >= 0.3 is 0 Å². The van der Waals surface area contributed by atoms with E-state index in [1.165, 1.54) is 0 Å². The predicted octanol–water partition coefficient (Wildman–Crippen LogP) is 1.07. The molecule has 1 aliphatic heterocycles. The lowest BCUT2D eigenvalue weighted by Crippen LogP contribution is -2.42. The lowest BCUT2D eigenvalue weighted by molar-refractivity contribution is -0.125. The standard InChI is InChI=1S/C15H17N3O3/c1-9-17-12-8-10(2-4-13(12)21-9)6-7-16-15(20)11-3-5-14(19)18-11/h2,4,8,11H,3,5-7H2,1H3,(H,16,20)(H,18,19). The first-order chi connectivity index (χ1) is 10.1. The predicted molar refractivity (Wildman–Crippen MR) is 76.6 cm³/mol. The first-order valence-electron chi connectivity index (χ1n) is 7.05. The Morgan fingerprint density at radius 3 is 3.14 bits per heavy atom. The Morgan fingerprint density at radius 2 is 2.38 bits per heavy atom. The molecular formula is C15H17N3O3. The minimum absolute atomic E-state index is 0.0537. The summed E-state index contributed by atoms with van der Waals surface area (Å²) >= 11 is 0. The van der Waals surface area contributed by atoms with Gasteiger partial charge in [0.1, 0.15) is 11.6 Å². The van der Waals surface area contributed by atoms with Gasteiger partial charge in [0, 0.05) is 19.9 Å². The van der Waals surface area contributed by atoms with E-state index in [1.807, 2.05) is 25.1 Å². The van der Waals surface area contributed by atoms with Gasteiger partial charge < -0.3 is 15.1 Å². The normalized spacial score (nSPS) is 18.0. The minimum atomic E-state index is -0.377. The fourth-order valence-corrected chi connectivity index (χ4v) is 2.51. The van der Waals surface area contributed by atoms with Gasteiger partial charge in [0.05, 0.1) is 0 Å². The molecule has 6 nitrogen and oxygen atoms in total. The Morgan fingerprint density at radius 1 is 1.52 bits per heavy atom. The van der Waals surface area contributed by atoms with Crippen LogP contribution in [0.25, 0.3) is 11.1 Å². The van der Waals surface area contributed by atoms with E-state index in [2.05, 4.69) is 15.6 Å². The second-order valence-electron chi connectivity index (χ2n) is 5.23. The third-order valence-electron chi connectivity index (χ3n) is 3.58. The summed E-state index contributed by atoms with van der Waals surface area (Å²) in [5.74, 6) is 0.480. The van der Waals surface area contributed by atoms with Gasteiger partial charge in [0.2, 0.25) is 11.8 Å². The van der Waals surface area contributed by atoms with Crippen molar-refractivity contribution in [2.75, 3.05) is 6.54 Å². The van der Waals surface area contributed by atoms with Crippen LogP contribution < -0.4 is 10.6 Å². The molecule has 2 N–H and O–H groups in total. The van der Waals surface area contributed by atoms with E-state index in [4.69, 9.17) is 4.42 Å². The minimum Gasteiger partial charge on any atom is -0.441 e. The number of rotatable bonds is 4. The van der Waals surface area contributed by atoms with Gasteiger partial charge in [-0.25, -0.2) is 4.98 Å². The molecule has 0 radical (unpaired) electrons. The molecule has 0 aliphatic carbocycles. The molecule has 1 saturated heterocycles. The molecule has 3 rings (SSSR count). The first kappa shape index (κ1) is 13.6. The highest BCUT2D eigenvalue weighted by Gasteiger charge is 2.26. The van der Waals surface area contributed by atoms with E-state index in [0.29, 0.717) is 31.7 Å². The number of aryl methyl sites for hydroxylation is 1. The average molecular weight is 287 g/mol. The molecule has 2 amide bonds. The highest BCUT2D eigenvalue weighted by Crippen LogP contribution is 2.16. The lowest BCUT2D eigenvalue weighted by atomic mass is 10.1. The summed E-state index contributed by atoms with van der Waals surface area (Å²) in [5, 5.41) is 5.51. The number of oxazole rings is 1. The summed E-state index contributed by atoms with van der Waals surface area (Å²) in [5.41, 5.74) is 2.69. The third kappa shape index (κ3) is 3.04. The topological polar surface area (TPSA) is 84.2 Å². The Bertz CT molecular complexity index is 693. The van der Waals surface area contributed by atoms with E-state index >= 15 is 0 Å². The summed E-state index contributed by atoms with van der Waals surface area (Å²) in [6.07, 6.45) is 1.73. The number of hydrogen-bond donors (Lipinski definition) is 2. The van der Waals surface area contributed by atoms with Crippen molar-refractivity contribution in [3.05, 3.63) is 29.7 Å². The van der Waals surface area contributed by atoms with E-state index in [-0.39, 0.29) is 17.9 Å². The molecule has 2 heterocycles. The molecule has 1 aromatic heterocycles. The van der Waals surface area contributed by atoms with Gasteiger partial charge in [0.25, 0.3) is 0 Å². The van der Waals surface area contributed by atoms with Gasteiger partial charge in [-0.05, 0) is 30.5 Å². The summed E-state index contributed by atoms with van der Waals surface area (Å²) < 4.78 is 5.42. The Balaban J connectivity index is 1.54. The SMILES string of the molecule is Cc1nc2cc(CCNC(=O)C3CCC(=O)N3)ccc2o1. The molecule has 2 aromatic rings. The van der Waals surface area contributed by atoms with Crippen LogP contribution in [0.1, 0.15) is 24.3 Å². The number of hydrogen-bond acceptors (Lipinski definition) is 4. The lowest BCUT2D eigenvalue weighted by Gasteiger charge is -2.10. The third-order valence-corrected chi connectivity index (χ3v) is 3.58. The number of nitrogens with one attached hydrogen (secondary N) is 2. The van der Waals surface area contributed by atoms with Crippen molar-refractivity contribution in [2.45, 2.75) is 32.2 Å². The van der Waals surface area contributed by atoms with Gasteiger partial charge in [-0.1, -0.05) is 6.07 Å². The Labute approximate surface area is 121 Å². The largest absolute Gasteiger partial charge is 0.441 e. The van der Waals surface area contributed by atoms with Crippen molar-refractivity contribution in [1.82, 2.24) is 15.6 Å². The van der Waals surface area contributed by atoms with E-state index in [9.17, 15) is 9.59 Å². The highest BCUT2D eigenvalue weighted by molar-refractivity contribution is 5.90. The maximum Gasteiger partial charge on any atom is 0.242 e. The van der Waals surface area contributed by atoms with Gasteiger partial charge in [-0.2, -0.15) is 0 Å². The molecule has 1 aromatic carbocycles. The van der Waals surface area contributed by atoms with Crippen molar-refractivity contribution in [3.63, 3.8) is 0 Å². The zero-order chi connectivity index (χ0) is 14.8. The monoisotopic (exact) mass is 287 g/mol. The first-order valence-corrected chi connectivity index (χ1v) is 7.05. The van der Waals surface area contributed by atoms with Gasteiger partial charge in [-0.3, -0.25) is 9.59 Å². The molecule has 1 aliphatic rings. The average Bonchev–Trinajstić information content (AvgIpc) is 3.03. The Hall–Kier alpha value is -2.37. The fourth-order valence-electron chi connectivity index (χ4n) is 2.51. The molecule has 0 bridgehead atoms. The number of aromatic nitrogens is 1. The number of benzene rings is 1. The van der Waals surface area contributed by atoms with Crippen molar-refractivity contribution < 1.29 is 14.0 Å². The van der Waals surface area contributed by atoms with Gasteiger partial charge in [-0.15, -0.1) is 0 Å². The van der Waals surface area contributed by atoms with Crippen LogP contribution in [0.15, 0.2) is 22.6 Å². The maximum absolute atomic E-state index is 11.8. The van der Waals surface area contributed by atoms with Crippen LogP contribution in [0.5, 0.6) is 0 Å². The zero-order valence-corrected chi connectivity index (χ0v) is 11.8. The van der Waals surface area contributed by atoms with E-state index in [1.54, 1.807) is 0 Å². The van der Waals surface area contributed by atoms with E-state index < -0.39 is 0 Å². The molecule has 0 saturated carbocycles. The summed E-state index contributed by atoms with van der Waals surface area (Å²) in [6, 6.07) is 5.45. The second-order valence-corrected chi connectivity index (χ2v) is 5.23. The smallest absolute Gasteiger partial charge is 0.242 e. The highest BCUT2D eigenvalue weighted by atomic mass is 16.3. The Kier molecular flexibility index (Phi) is 3.60. The molecular weight excluding hydrogens is 270 g/mol. The van der Waals surface area contributed by atoms with Crippen LogP contribution in [0.2, 0.25) is 0 Å². The molecule has 1 atom stereocenters. The van der Waals surface area contributed by atoms with Crippen LogP contribution >= 0.6 is 0 Å². The van der Waals surface area contributed by atoms with Crippen molar-refractivity contribution in [2.24, 2.45) is 0 Å². The zero-order valence-electron chi connectivity index (χ0n) is 11.8. The molecule has 1 unspecified atom stereocenters. The summed E-state index contributed by atoms with van der Waals surface area (Å²) in [7, 11) is 0. The summed E-state index contributed by atoms with van der Waals surface area (Å²) in [6.45, 7) is 2.35. The summed E-state index contributed by atoms with van der Waals surface area (Å²) in [4.78, 5) is 27.2. The fraction of sp³-hybridized carbons (Fsp3) is 0.400. The molecule has 21 heavy (non-hydrogen) atoms. The molecule has 1 fully saturated rings. The molecule has 6 heteroatoms. The van der Waals surface area contributed by atoms with Crippen LogP contribution in [-0.4, -0.2) is 29.4 Å². The van der Waals surface area contributed by atoms with Gasteiger partial charge in [0.15, 0.2) is 11.5 Å². The molecule has 0 spiro atoms. The van der Waals surface area contributed by atoms with Crippen molar-refractivity contribution >= 4 is 22.9 Å². The second kappa shape index (κ2) is 5.55. The van der Waals surface area contributed by atoms with Crippen LogP contribution in [0, 0.1) is 6.92 Å². The quantitative estimate of drug-likeness (QED) is 0.881. The van der Waals surface area contributed by atoms with E-state index in [0.717, 1.165) is 16.7 Å². The van der Waals surface area contributed by atoms with Crippen LogP contribution in [0.4, 0.5) is 0 Å². The van der Waals surface area contributed by atoms with Crippen LogP contribution in [-0.2, 0) is 16.0 Å². The number of carbonyl (C=O) groups excluding carboxylic acids is 2. The molecule has 110 valence electrons. The number of amides is 2. The van der Waals surface area contributed by atoms with Crippen LogP contribution in [0.3, 0.4) is 0 Å².